The first-order valence-corrected chi connectivity index (χ1v) is 4.71. The van der Waals surface area contributed by atoms with Crippen molar-refractivity contribution in [1.82, 2.24) is 4.90 Å². The van der Waals surface area contributed by atoms with Crippen LogP contribution in [-0.2, 0) is 0 Å². The average molecular weight is 170 g/mol. The van der Waals surface area contributed by atoms with Crippen LogP contribution >= 0.6 is 0 Å². The lowest BCUT2D eigenvalue weighted by molar-refractivity contribution is 0.137. The maximum atomic E-state index is 11.0. The third kappa shape index (κ3) is 1.90. The second-order valence-electron chi connectivity index (χ2n) is 3.69. The van der Waals surface area contributed by atoms with Crippen molar-refractivity contribution in [3.8, 4) is 0 Å². The molecule has 0 spiro atoms. The molecule has 12 heavy (non-hydrogen) atoms. The Labute approximate surface area is 73.9 Å². The Morgan fingerprint density at radius 2 is 2.25 bits per heavy atom. The molecule has 1 heterocycles. The van der Waals surface area contributed by atoms with Gasteiger partial charge in [-0.3, -0.25) is 0 Å². The van der Waals surface area contributed by atoms with Gasteiger partial charge in [0.25, 0.3) is 0 Å². The van der Waals surface area contributed by atoms with E-state index >= 15 is 0 Å². The maximum Gasteiger partial charge on any atom is 0.315 e. The number of amides is 2. The summed E-state index contributed by atoms with van der Waals surface area (Å²) in [5, 5.41) is 0. The lowest BCUT2D eigenvalue weighted by Gasteiger charge is -2.36. The number of urea groups is 1. The van der Waals surface area contributed by atoms with E-state index in [0.29, 0.717) is 12.0 Å². The van der Waals surface area contributed by atoms with Crippen molar-refractivity contribution in [3.05, 3.63) is 0 Å². The minimum atomic E-state index is -0.263. The van der Waals surface area contributed by atoms with E-state index in [2.05, 4.69) is 13.8 Å². The Bertz CT molecular complexity index is 170. The number of hydrogen-bond acceptors (Lipinski definition) is 1. The van der Waals surface area contributed by atoms with Crippen LogP contribution in [0.2, 0.25) is 0 Å². The minimum absolute atomic E-state index is 0.263. The number of carbonyl (C=O) groups is 1. The van der Waals surface area contributed by atoms with Crippen molar-refractivity contribution in [2.24, 2.45) is 11.7 Å². The highest BCUT2D eigenvalue weighted by atomic mass is 16.2. The van der Waals surface area contributed by atoms with E-state index in [-0.39, 0.29) is 6.03 Å². The highest BCUT2D eigenvalue weighted by Gasteiger charge is 2.26. The zero-order chi connectivity index (χ0) is 9.14. The van der Waals surface area contributed by atoms with Gasteiger partial charge in [0, 0.05) is 12.6 Å². The van der Waals surface area contributed by atoms with Crippen LogP contribution in [0, 0.1) is 5.92 Å². The molecule has 70 valence electrons. The molecule has 2 amide bonds. The molecule has 1 saturated heterocycles. The van der Waals surface area contributed by atoms with Gasteiger partial charge >= 0.3 is 6.03 Å². The molecule has 0 aromatic heterocycles. The Morgan fingerprint density at radius 1 is 1.58 bits per heavy atom. The molecule has 1 aliphatic heterocycles. The fraction of sp³-hybridized carbons (Fsp3) is 0.889. The maximum absolute atomic E-state index is 11.0. The highest BCUT2D eigenvalue weighted by molar-refractivity contribution is 5.72. The summed E-state index contributed by atoms with van der Waals surface area (Å²) < 4.78 is 0. The van der Waals surface area contributed by atoms with Crippen LogP contribution < -0.4 is 5.73 Å². The van der Waals surface area contributed by atoms with E-state index in [0.717, 1.165) is 19.4 Å². The van der Waals surface area contributed by atoms with Gasteiger partial charge in [-0.15, -0.1) is 0 Å². The van der Waals surface area contributed by atoms with Crippen molar-refractivity contribution >= 4 is 6.03 Å². The van der Waals surface area contributed by atoms with Crippen molar-refractivity contribution in [3.63, 3.8) is 0 Å². The predicted octanol–water partition coefficient (Wildman–Crippen LogP) is 1.58. The Morgan fingerprint density at radius 3 is 2.75 bits per heavy atom. The van der Waals surface area contributed by atoms with Crippen molar-refractivity contribution in [2.75, 3.05) is 6.54 Å². The topological polar surface area (TPSA) is 46.3 Å². The standard InChI is InChI=1S/C9H18N2O/c1-3-8-5-4-7(2)11(6-8)9(10)12/h7-8H,3-6H2,1-2H3,(H2,10,12). The molecule has 2 atom stereocenters. The van der Waals surface area contributed by atoms with Crippen LogP contribution in [0.4, 0.5) is 4.79 Å². The number of primary amides is 1. The molecule has 0 radical (unpaired) electrons. The molecule has 1 aliphatic rings. The van der Waals surface area contributed by atoms with Crippen LogP contribution in [0.1, 0.15) is 33.1 Å². The SMILES string of the molecule is CCC1CCC(C)N(C(N)=O)C1. The number of likely N-dealkylation sites (tertiary alicyclic amines) is 1. The van der Waals surface area contributed by atoms with Crippen LogP contribution in [0.15, 0.2) is 0 Å². The number of nitrogens with two attached hydrogens (primary N) is 1. The molecular formula is C9H18N2O. The van der Waals surface area contributed by atoms with E-state index in [1.54, 1.807) is 4.90 Å². The Balaban J connectivity index is 2.53. The van der Waals surface area contributed by atoms with Crippen LogP contribution in [0.3, 0.4) is 0 Å². The van der Waals surface area contributed by atoms with Gasteiger partial charge < -0.3 is 10.6 Å². The summed E-state index contributed by atoms with van der Waals surface area (Å²) in [6.07, 6.45) is 3.49. The lowest BCUT2D eigenvalue weighted by Crippen LogP contribution is -2.47. The van der Waals surface area contributed by atoms with Crippen molar-refractivity contribution < 1.29 is 4.79 Å². The van der Waals surface area contributed by atoms with Crippen LogP contribution in [0.5, 0.6) is 0 Å². The summed E-state index contributed by atoms with van der Waals surface area (Å²) >= 11 is 0. The molecule has 0 aromatic rings. The molecule has 2 N–H and O–H groups in total. The van der Waals surface area contributed by atoms with E-state index in [9.17, 15) is 4.79 Å². The molecule has 0 saturated carbocycles. The van der Waals surface area contributed by atoms with Crippen molar-refractivity contribution in [1.29, 1.82) is 0 Å². The third-order valence-corrected chi connectivity index (χ3v) is 2.84. The van der Waals surface area contributed by atoms with E-state index in [1.165, 1.54) is 6.42 Å². The highest BCUT2D eigenvalue weighted by Crippen LogP contribution is 2.23. The van der Waals surface area contributed by atoms with E-state index < -0.39 is 0 Å². The van der Waals surface area contributed by atoms with E-state index in [4.69, 9.17) is 5.73 Å². The fourth-order valence-electron chi connectivity index (χ4n) is 1.82. The first-order valence-electron chi connectivity index (χ1n) is 4.71. The van der Waals surface area contributed by atoms with Gasteiger partial charge in [0.05, 0.1) is 0 Å². The first kappa shape index (κ1) is 9.36. The summed E-state index contributed by atoms with van der Waals surface area (Å²) in [4.78, 5) is 12.8. The quantitative estimate of drug-likeness (QED) is 0.638. The smallest absolute Gasteiger partial charge is 0.315 e. The van der Waals surface area contributed by atoms with Gasteiger partial charge in [0.15, 0.2) is 0 Å². The summed E-state index contributed by atoms with van der Waals surface area (Å²) in [7, 11) is 0. The molecular weight excluding hydrogens is 152 g/mol. The van der Waals surface area contributed by atoms with Gasteiger partial charge in [-0.05, 0) is 25.7 Å². The number of piperidine rings is 1. The summed E-state index contributed by atoms with van der Waals surface area (Å²) in [5.41, 5.74) is 5.26. The molecule has 1 rings (SSSR count). The molecule has 3 nitrogen and oxygen atoms in total. The first-order chi connectivity index (χ1) is 5.65. The Kier molecular flexibility index (Phi) is 2.95. The Hall–Kier alpha value is -0.730. The van der Waals surface area contributed by atoms with Gasteiger partial charge in [-0.2, -0.15) is 0 Å². The molecule has 1 fully saturated rings. The van der Waals surface area contributed by atoms with Gasteiger partial charge in [0.2, 0.25) is 0 Å². The lowest BCUT2D eigenvalue weighted by atomic mass is 9.92. The van der Waals surface area contributed by atoms with Crippen molar-refractivity contribution in [2.45, 2.75) is 39.2 Å². The zero-order valence-electron chi connectivity index (χ0n) is 7.92. The second kappa shape index (κ2) is 3.78. The van der Waals surface area contributed by atoms with E-state index in [1.807, 2.05) is 0 Å². The summed E-state index contributed by atoms with van der Waals surface area (Å²) in [6, 6.07) is 0.0750. The second-order valence-corrected chi connectivity index (χ2v) is 3.69. The third-order valence-electron chi connectivity index (χ3n) is 2.84. The largest absolute Gasteiger partial charge is 0.351 e. The number of nitrogens with zero attached hydrogens (tertiary/aromatic N) is 1. The van der Waals surface area contributed by atoms with Gasteiger partial charge in [-0.25, -0.2) is 4.79 Å². The summed E-state index contributed by atoms with van der Waals surface area (Å²) in [6.45, 7) is 5.09. The molecule has 2 unspecified atom stereocenters. The number of hydrogen-bond donors (Lipinski definition) is 1. The van der Waals surface area contributed by atoms with Crippen LogP contribution in [-0.4, -0.2) is 23.5 Å². The minimum Gasteiger partial charge on any atom is -0.351 e. The summed E-state index contributed by atoms with van der Waals surface area (Å²) in [5.74, 6) is 0.661. The monoisotopic (exact) mass is 170 g/mol. The van der Waals surface area contributed by atoms with Gasteiger partial charge in [0.1, 0.15) is 0 Å². The molecule has 0 aliphatic carbocycles. The van der Waals surface area contributed by atoms with Gasteiger partial charge in [-0.1, -0.05) is 13.3 Å². The van der Waals surface area contributed by atoms with Crippen LogP contribution in [0.25, 0.3) is 0 Å². The number of rotatable bonds is 1. The fourth-order valence-corrected chi connectivity index (χ4v) is 1.82. The normalized spacial score (nSPS) is 30.3. The average Bonchev–Trinajstić information content (AvgIpc) is 2.05. The zero-order valence-corrected chi connectivity index (χ0v) is 7.92. The predicted molar refractivity (Wildman–Crippen MR) is 48.8 cm³/mol. The number of carbonyl (C=O) groups excluding carboxylic acids is 1. The molecule has 0 aromatic carbocycles. The molecule has 0 bridgehead atoms. The molecule has 3 heteroatoms.